The molecular formula is C15H31NO2. The maximum atomic E-state index is 11.3. The molecule has 1 N–H and O–H groups in total. The molecule has 0 aromatic rings. The fourth-order valence-corrected chi connectivity index (χ4v) is 2.07. The summed E-state index contributed by atoms with van der Waals surface area (Å²) < 4.78 is 0. The van der Waals surface area contributed by atoms with E-state index in [-0.39, 0.29) is 5.91 Å². The van der Waals surface area contributed by atoms with Gasteiger partial charge < -0.3 is 0 Å². The molecule has 0 heterocycles. The van der Waals surface area contributed by atoms with Crippen LogP contribution in [0, 0.1) is 0 Å². The van der Waals surface area contributed by atoms with Crippen molar-refractivity contribution >= 4 is 5.91 Å². The number of amides is 1. The molecule has 1 amide bonds. The highest BCUT2D eigenvalue weighted by molar-refractivity contribution is 5.74. The lowest BCUT2D eigenvalue weighted by Gasteiger charge is -2.11. The molecule has 0 rings (SSSR count). The Hall–Kier alpha value is -0.570. The minimum absolute atomic E-state index is 0.142. The molecule has 0 aliphatic rings. The van der Waals surface area contributed by atoms with Crippen molar-refractivity contribution in [3.63, 3.8) is 0 Å². The van der Waals surface area contributed by atoms with Crippen molar-refractivity contribution in [1.29, 1.82) is 0 Å². The Morgan fingerprint density at radius 2 is 1.28 bits per heavy atom. The van der Waals surface area contributed by atoms with Gasteiger partial charge in [0.2, 0.25) is 5.91 Å². The summed E-state index contributed by atoms with van der Waals surface area (Å²) in [5.41, 5.74) is 0. The molecule has 0 radical (unpaired) electrons. The third-order valence-corrected chi connectivity index (χ3v) is 3.33. The van der Waals surface area contributed by atoms with E-state index in [0.29, 0.717) is 13.0 Å². The second kappa shape index (κ2) is 12.9. The lowest BCUT2D eigenvalue weighted by molar-refractivity contribution is -0.164. The van der Waals surface area contributed by atoms with Crippen molar-refractivity contribution in [2.24, 2.45) is 0 Å². The van der Waals surface area contributed by atoms with Gasteiger partial charge in [-0.05, 0) is 13.3 Å². The summed E-state index contributed by atoms with van der Waals surface area (Å²) >= 11 is 0. The Kier molecular flexibility index (Phi) is 12.5. The minimum atomic E-state index is -0.142. The monoisotopic (exact) mass is 257 g/mol. The fraction of sp³-hybridized carbons (Fsp3) is 0.933. The van der Waals surface area contributed by atoms with E-state index in [9.17, 15) is 4.79 Å². The molecule has 0 aromatic heterocycles. The van der Waals surface area contributed by atoms with E-state index >= 15 is 0 Å². The molecule has 0 fully saturated rings. The highest BCUT2D eigenvalue weighted by Crippen LogP contribution is 2.11. The molecule has 0 aliphatic carbocycles. The smallest absolute Gasteiger partial charge is 0.245 e. The van der Waals surface area contributed by atoms with Crippen LogP contribution in [0.5, 0.6) is 0 Å². The predicted molar refractivity (Wildman–Crippen MR) is 75.6 cm³/mol. The average molecular weight is 257 g/mol. The van der Waals surface area contributed by atoms with Crippen LogP contribution in [0.25, 0.3) is 0 Å². The van der Waals surface area contributed by atoms with Crippen molar-refractivity contribution in [3.05, 3.63) is 0 Å². The molecule has 0 spiro atoms. The van der Waals surface area contributed by atoms with Gasteiger partial charge in [0.05, 0.1) is 0 Å². The van der Waals surface area contributed by atoms with Gasteiger partial charge in [-0.15, -0.1) is 0 Å². The van der Waals surface area contributed by atoms with Gasteiger partial charge in [0, 0.05) is 13.0 Å². The van der Waals surface area contributed by atoms with Crippen molar-refractivity contribution in [2.75, 3.05) is 6.54 Å². The van der Waals surface area contributed by atoms with Crippen LogP contribution >= 0.6 is 0 Å². The summed E-state index contributed by atoms with van der Waals surface area (Å²) in [6, 6.07) is 0. The van der Waals surface area contributed by atoms with Gasteiger partial charge in [0.15, 0.2) is 0 Å². The third kappa shape index (κ3) is 10.6. The molecule has 108 valence electrons. The highest BCUT2D eigenvalue weighted by atomic mass is 16.5. The van der Waals surface area contributed by atoms with Crippen LogP contribution in [0.1, 0.15) is 84.5 Å². The van der Waals surface area contributed by atoms with Crippen LogP contribution < -0.4 is 0 Å². The summed E-state index contributed by atoms with van der Waals surface area (Å²) in [7, 11) is 0. The summed E-state index contributed by atoms with van der Waals surface area (Å²) in [5, 5.41) is 9.97. The number of hydroxylamine groups is 2. The van der Waals surface area contributed by atoms with Crippen LogP contribution in [-0.4, -0.2) is 22.7 Å². The van der Waals surface area contributed by atoms with Crippen LogP contribution in [0.15, 0.2) is 0 Å². The Balaban J connectivity index is 3.14. The molecule has 0 aliphatic heterocycles. The Labute approximate surface area is 113 Å². The maximum Gasteiger partial charge on any atom is 0.245 e. The van der Waals surface area contributed by atoms with Crippen molar-refractivity contribution in [3.8, 4) is 0 Å². The topological polar surface area (TPSA) is 40.5 Å². The van der Waals surface area contributed by atoms with Gasteiger partial charge in [0.25, 0.3) is 0 Å². The van der Waals surface area contributed by atoms with E-state index in [1.165, 1.54) is 51.4 Å². The van der Waals surface area contributed by atoms with Gasteiger partial charge in [-0.1, -0.05) is 64.7 Å². The normalized spacial score (nSPS) is 10.6. The van der Waals surface area contributed by atoms with Gasteiger partial charge in [0.1, 0.15) is 0 Å². The lowest BCUT2D eigenvalue weighted by Crippen LogP contribution is -2.26. The molecule has 0 bridgehead atoms. The van der Waals surface area contributed by atoms with Gasteiger partial charge in [-0.25, -0.2) is 5.06 Å². The van der Waals surface area contributed by atoms with Gasteiger partial charge >= 0.3 is 0 Å². The number of hydrogen-bond acceptors (Lipinski definition) is 2. The molecule has 0 saturated heterocycles. The van der Waals surface area contributed by atoms with Gasteiger partial charge in [-0.2, -0.15) is 0 Å². The molecule has 0 unspecified atom stereocenters. The van der Waals surface area contributed by atoms with Crippen molar-refractivity contribution in [1.82, 2.24) is 5.06 Å². The first-order valence-corrected chi connectivity index (χ1v) is 7.71. The molecule has 0 saturated carbocycles. The Morgan fingerprint density at radius 3 is 1.72 bits per heavy atom. The number of carbonyl (C=O) groups excluding carboxylic acids is 1. The number of hydrogen-bond donors (Lipinski definition) is 1. The number of rotatable bonds is 12. The van der Waals surface area contributed by atoms with E-state index < -0.39 is 0 Å². The second-order valence-corrected chi connectivity index (χ2v) is 5.04. The van der Waals surface area contributed by atoms with Crippen LogP contribution in [-0.2, 0) is 4.79 Å². The largest absolute Gasteiger partial charge is 0.286 e. The summed E-state index contributed by atoms with van der Waals surface area (Å²) in [6.07, 6.45) is 13.2. The number of unbranched alkanes of at least 4 members (excludes halogenated alkanes) is 9. The van der Waals surface area contributed by atoms with E-state index in [4.69, 9.17) is 5.21 Å². The maximum absolute atomic E-state index is 11.3. The zero-order chi connectivity index (χ0) is 13.6. The van der Waals surface area contributed by atoms with Crippen LogP contribution in [0.2, 0.25) is 0 Å². The van der Waals surface area contributed by atoms with E-state index in [2.05, 4.69) is 6.92 Å². The zero-order valence-corrected chi connectivity index (χ0v) is 12.3. The van der Waals surface area contributed by atoms with Crippen LogP contribution in [0.3, 0.4) is 0 Å². The first-order valence-electron chi connectivity index (χ1n) is 7.71. The molecular weight excluding hydrogens is 226 g/mol. The fourth-order valence-electron chi connectivity index (χ4n) is 2.07. The summed E-state index contributed by atoms with van der Waals surface area (Å²) in [4.78, 5) is 11.3. The molecule has 3 heteroatoms. The van der Waals surface area contributed by atoms with Crippen molar-refractivity contribution < 1.29 is 10.0 Å². The highest BCUT2D eigenvalue weighted by Gasteiger charge is 2.06. The molecule has 3 nitrogen and oxygen atoms in total. The zero-order valence-electron chi connectivity index (χ0n) is 12.3. The van der Waals surface area contributed by atoms with Gasteiger partial charge in [-0.3, -0.25) is 10.0 Å². The van der Waals surface area contributed by atoms with Crippen molar-refractivity contribution in [2.45, 2.75) is 84.5 Å². The standard InChI is InChI=1S/C15H31NO2/c1-3-5-6-7-8-9-10-11-12-13-14-15(17)16(18)4-2/h18H,3-14H2,1-2H3. The van der Waals surface area contributed by atoms with E-state index in [1.807, 2.05) is 0 Å². The average Bonchev–Trinajstić information content (AvgIpc) is 2.39. The molecule has 18 heavy (non-hydrogen) atoms. The SMILES string of the molecule is CCCCCCCCCCCCC(=O)N(O)CC. The first kappa shape index (κ1) is 17.4. The Morgan fingerprint density at radius 1 is 0.833 bits per heavy atom. The molecule has 0 aromatic carbocycles. The molecule has 0 atom stereocenters. The third-order valence-electron chi connectivity index (χ3n) is 3.33. The summed E-state index contributed by atoms with van der Waals surface area (Å²) in [6.45, 7) is 4.40. The minimum Gasteiger partial charge on any atom is -0.286 e. The quantitative estimate of drug-likeness (QED) is 0.317. The summed E-state index contributed by atoms with van der Waals surface area (Å²) in [5.74, 6) is -0.142. The van der Waals surface area contributed by atoms with E-state index in [0.717, 1.165) is 17.9 Å². The lowest BCUT2D eigenvalue weighted by atomic mass is 10.1. The second-order valence-electron chi connectivity index (χ2n) is 5.04. The van der Waals surface area contributed by atoms with E-state index in [1.54, 1.807) is 6.92 Å². The number of carbonyl (C=O) groups is 1. The predicted octanol–water partition coefficient (Wildman–Crippen LogP) is 4.54. The Bertz CT molecular complexity index is 195. The number of nitrogens with zero attached hydrogens (tertiary/aromatic N) is 1. The van der Waals surface area contributed by atoms with Crippen LogP contribution in [0.4, 0.5) is 0 Å². The first-order chi connectivity index (χ1) is 8.72.